The maximum Gasteiger partial charge on any atom is 0.255 e. The summed E-state index contributed by atoms with van der Waals surface area (Å²) in [5, 5.41) is 1.71. The zero-order valence-corrected chi connectivity index (χ0v) is 16.7. The highest BCUT2D eigenvalue weighted by Crippen LogP contribution is 2.28. The first-order chi connectivity index (χ1) is 13.1. The molecule has 3 heterocycles. The number of hydrogen-bond donors (Lipinski definition) is 1. The van der Waals surface area contributed by atoms with E-state index >= 15 is 0 Å². The minimum Gasteiger partial charge on any atom is -0.310 e. The molecule has 0 radical (unpaired) electrons. The Morgan fingerprint density at radius 1 is 1.30 bits per heavy atom. The monoisotopic (exact) mass is 400 g/mol. The van der Waals surface area contributed by atoms with Crippen LogP contribution in [-0.2, 0) is 25.9 Å². The van der Waals surface area contributed by atoms with Gasteiger partial charge in [-0.2, -0.15) is 0 Å². The number of halogens is 1. The van der Waals surface area contributed by atoms with Gasteiger partial charge >= 0.3 is 0 Å². The van der Waals surface area contributed by atoms with Crippen LogP contribution in [0, 0.1) is 0 Å². The molecule has 1 aliphatic rings. The molecule has 3 aromatic rings. The zero-order valence-electron chi connectivity index (χ0n) is 15.2. The van der Waals surface area contributed by atoms with Crippen molar-refractivity contribution in [3.8, 4) is 10.6 Å². The summed E-state index contributed by atoms with van der Waals surface area (Å²) in [6.07, 6.45) is 4.55. The van der Waals surface area contributed by atoms with E-state index in [1.54, 1.807) is 11.3 Å². The molecule has 0 amide bonds. The van der Waals surface area contributed by atoms with Crippen molar-refractivity contribution in [3.05, 3.63) is 67.8 Å². The van der Waals surface area contributed by atoms with E-state index in [1.165, 1.54) is 4.88 Å². The maximum atomic E-state index is 12.4. The Bertz CT molecular complexity index is 996. The molecule has 0 atom stereocenters. The maximum absolute atomic E-state index is 12.4. The van der Waals surface area contributed by atoms with Crippen LogP contribution in [0.1, 0.15) is 35.3 Å². The smallest absolute Gasteiger partial charge is 0.255 e. The minimum atomic E-state index is 0.0132. The van der Waals surface area contributed by atoms with Crippen molar-refractivity contribution in [1.29, 1.82) is 0 Å². The van der Waals surface area contributed by atoms with Crippen LogP contribution in [0.3, 0.4) is 0 Å². The number of rotatable bonds is 5. The summed E-state index contributed by atoms with van der Waals surface area (Å²) < 4.78 is 0. The van der Waals surface area contributed by atoms with Crippen LogP contribution in [0.15, 0.2) is 35.3 Å². The molecule has 4 rings (SSSR count). The third-order valence-electron chi connectivity index (χ3n) is 4.71. The average Bonchev–Trinajstić information content (AvgIpc) is 3.12. The number of fused-ring (bicyclic) bond motifs is 1. The number of benzene rings is 1. The molecule has 1 aliphatic heterocycles. The van der Waals surface area contributed by atoms with E-state index in [9.17, 15) is 4.79 Å². The Morgan fingerprint density at radius 2 is 2.11 bits per heavy atom. The van der Waals surface area contributed by atoms with Crippen LogP contribution < -0.4 is 5.56 Å². The predicted molar refractivity (Wildman–Crippen MR) is 109 cm³/mol. The lowest BCUT2D eigenvalue weighted by Gasteiger charge is -2.27. The van der Waals surface area contributed by atoms with Crippen molar-refractivity contribution in [2.45, 2.75) is 39.3 Å². The highest BCUT2D eigenvalue weighted by molar-refractivity contribution is 7.15. The van der Waals surface area contributed by atoms with Crippen molar-refractivity contribution >= 4 is 22.9 Å². The molecule has 5 nitrogen and oxygen atoms in total. The van der Waals surface area contributed by atoms with Gasteiger partial charge in [0.1, 0.15) is 10.8 Å². The van der Waals surface area contributed by atoms with Crippen molar-refractivity contribution in [2.75, 3.05) is 6.54 Å². The molecule has 0 saturated carbocycles. The Balaban J connectivity index is 1.47. The topological polar surface area (TPSA) is 61.9 Å². The summed E-state index contributed by atoms with van der Waals surface area (Å²) >= 11 is 7.64. The summed E-state index contributed by atoms with van der Waals surface area (Å²) in [5.41, 5.74) is 2.86. The molecule has 1 N–H and O–H groups in total. The molecule has 1 aromatic carbocycles. The fourth-order valence-corrected chi connectivity index (χ4v) is 4.44. The summed E-state index contributed by atoms with van der Waals surface area (Å²) in [5.74, 6) is 0.810. The largest absolute Gasteiger partial charge is 0.310 e. The quantitative estimate of drug-likeness (QED) is 0.701. The van der Waals surface area contributed by atoms with Gasteiger partial charge in [0.2, 0.25) is 0 Å². The highest BCUT2D eigenvalue weighted by atomic mass is 35.5. The van der Waals surface area contributed by atoms with Gasteiger partial charge in [-0.1, -0.05) is 30.7 Å². The number of hydrogen-bond acceptors (Lipinski definition) is 5. The Labute approximate surface area is 167 Å². The lowest BCUT2D eigenvalue weighted by atomic mass is 10.1. The van der Waals surface area contributed by atoms with Gasteiger partial charge < -0.3 is 4.98 Å². The van der Waals surface area contributed by atoms with E-state index in [4.69, 9.17) is 11.6 Å². The van der Waals surface area contributed by atoms with E-state index < -0.39 is 0 Å². The number of aromatic nitrogens is 3. The lowest BCUT2D eigenvalue weighted by Crippen LogP contribution is -2.35. The molecule has 0 unspecified atom stereocenters. The summed E-state index contributed by atoms with van der Waals surface area (Å²) in [7, 11) is 0. The second kappa shape index (κ2) is 7.92. The molecule has 7 heteroatoms. The molecule has 140 valence electrons. The fraction of sp³-hybridized carbons (Fsp3) is 0.350. The first kappa shape index (κ1) is 18.3. The van der Waals surface area contributed by atoms with E-state index in [0.717, 1.165) is 65.0 Å². The number of nitrogens with one attached hydrogen (secondary N) is 1. The number of aryl methyl sites for hydroxylation is 1. The lowest BCUT2D eigenvalue weighted by molar-refractivity contribution is 0.243. The molecule has 0 fully saturated rings. The van der Waals surface area contributed by atoms with Crippen LogP contribution in [0.25, 0.3) is 10.6 Å². The van der Waals surface area contributed by atoms with Crippen LogP contribution in [0.4, 0.5) is 0 Å². The molecule has 27 heavy (non-hydrogen) atoms. The number of aromatic amines is 1. The van der Waals surface area contributed by atoms with Gasteiger partial charge in [0.25, 0.3) is 5.56 Å². The van der Waals surface area contributed by atoms with Gasteiger partial charge in [-0.15, -0.1) is 11.3 Å². The Hall–Kier alpha value is -2.02. The Kier molecular flexibility index (Phi) is 5.38. The van der Waals surface area contributed by atoms with Gasteiger partial charge in [-0.25, -0.2) is 9.97 Å². The number of nitrogens with zero attached hydrogens (tertiary/aromatic N) is 3. The van der Waals surface area contributed by atoms with Crippen molar-refractivity contribution in [2.24, 2.45) is 0 Å². The van der Waals surface area contributed by atoms with Gasteiger partial charge in [-0.05, 0) is 18.6 Å². The molecule has 0 bridgehead atoms. The average molecular weight is 401 g/mol. The van der Waals surface area contributed by atoms with Gasteiger partial charge in [0.15, 0.2) is 0 Å². The fourth-order valence-electron chi connectivity index (χ4n) is 3.35. The summed E-state index contributed by atoms with van der Waals surface area (Å²) in [6, 6.07) is 7.74. The van der Waals surface area contributed by atoms with Crippen LogP contribution >= 0.6 is 22.9 Å². The summed E-state index contributed by atoms with van der Waals surface area (Å²) in [4.78, 5) is 28.0. The normalized spacial score (nSPS) is 14.3. The number of thiazole rings is 1. The van der Waals surface area contributed by atoms with Gasteiger partial charge in [0.05, 0.1) is 11.3 Å². The van der Waals surface area contributed by atoms with E-state index in [-0.39, 0.29) is 5.56 Å². The third-order valence-corrected chi connectivity index (χ3v) is 5.99. The molecule has 0 saturated heterocycles. The molecular weight excluding hydrogens is 380 g/mol. The second-order valence-electron chi connectivity index (χ2n) is 6.79. The first-order valence-corrected chi connectivity index (χ1v) is 10.4. The van der Waals surface area contributed by atoms with E-state index in [1.807, 2.05) is 30.5 Å². The zero-order chi connectivity index (χ0) is 18.8. The second-order valence-corrected chi connectivity index (χ2v) is 8.34. The van der Waals surface area contributed by atoms with E-state index in [2.05, 4.69) is 26.8 Å². The molecule has 2 aromatic heterocycles. The van der Waals surface area contributed by atoms with Crippen LogP contribution in [0.5, 0.6) is 0 Å². The molecule has 0 aliphatic carbocycles. The predicted octanol–water partition coefficient (Wildman–Crippen LogP) is 4.06. The van der Waals surface area contributed by atoms with E-state index in [0.29, 0.717) is 6.54 Å². The summed E-state index contributed by atoms with van der Waals surface area (Å²) in [6.45, 7) is 4.43. The third kappa shape index (κ3) is 4.13. The Morgan fingerprint density at radius 3 is 2.89 bits per heavy atom. The van der Waals surface area contributed by atoms with Gasteiger partial charge in [-0.3, -0.25) is 9.69 Å². The number of H-pyrrole nitrogens is 1. The van der Waals surface area contributed by atoms with Crippen LogP contribution in [-0.4, -0.2) is 26.4 Å². The SMILES string of the molecule is CCCc1nc2c(c(=O)[nH]1)CN(Cc1cnc(-c3ccc(Cl)cc3)s1)CC2. The van der Waals surface area contributed by atoms with Crippen LogP contribution in [0.2, 0.25) is 5.02 Å². The van der Waals surface area contributed by atoms with Crippen molar-refractivity contribution in [3.63, 3.8) is 0 Å². The molecular formula is C20H21ClN4OS. The van der Waals surface area contributed by atoms with Crippen molar-refractivity contribution < 1.29 is 0 Å². The highest BCUT2D eigenvalue weighted by Gasteiger charge is 2.21. The molecule has 0 spiro atoms. The van der Waals surface area contributed by atoms with Crippen molar-refractivity contribution in [1.82, 2.24) is 19.9 Å². The minimum absolute atomic E-state index is 0.0132. The standard InChI is InChI=1S/C20H21ClN4OS/c1-2-3-18-23-17-8-9-25(12-16(17)19(26)24-18)11-15-10-22-20(27-15)13-4-6-14(21)7-5-13/h4-7,10H,2-3,8-9,11-12H2,1H3,(H,23,24,26). The van der Waals surface area contributed by atoms with Gasteiger partial charge in [0, 0.05) is 54.1 Å². The first-order valence-electron chi connectivity index (χ1n) is 9.16.